The molecule has 0 fully saturated rings. The number of nitrogens with zero attached hydrogens (tertiary/aromatic N) is 2. The molecule has 1 N–H and O–H groups in total. The summed E-state index contributed by atoms with van der Waals surface area (Å²) < 4.78 is 2.27. The zero-order valence-corrected chi connectivity index (χ0v) is 13.1. The summed E-state index contributed by atoms with van der Waals surface area (Å²) in [7, 11) is 0. The van der Waals surface area contributed by atoms with Crippen LogP contribution in [0.3, 0.4) is 0 Å². The van der Waals surface area contributed by atoms with Gasteiger partial charge in [-0.3, -0.25) is 14.2 Å². The summed E-state index contributed by atoms with van der Waals surface area (Å²) >= 11 is 1.42. The van der Waals surface area contributed by atoms with Gasteiger partial charge in [-0.1, -0.05) is 12.1 Å². The molecule has 2 aromatic heterocycles. The lowest BCUT2D eigenvalue weighted by Crippen LogP contribution is -2.20. The number of aromatic nitrogens is 2. The van der Waals surface area contributed by atoms with E-state index in [9.17, 15) is 9.59 Å². The molecule has 0 unspecified atom stereocenters. The molecular weight excluding hydrogens is 298 g/mol. The second-order valence-corrected chi connectivity index (χ2v) is 6.04. The molecule has 0 radical (unpaired) electrons. The van der Waals surface area contributed by atoms with Gasteiger partial charge in [0.2, 0.25) is 5.91 Å². The van der Waals surface area contributed by atoms with Gasteiger partial charge in [-0.05, 0) is 35.6 Å². The Labute approximate surface area is 131 Å². The zero-order valence-electron chi connectivity index (χ0n) is 12.3. The van der Waals surface area contributed by atoms with Crippen LogP contribution in [0.15, 0.2) is 40.8 Å². The van der Waals surface area contributed by atoms with Crippen molar-refractivity contribution in [2.45, 2.75) is 20.4 Å². The van der Waals surface area contributed by atoms with E-state index in [0.29, 0.717) is 11.2 Å². The van der Waals surface area contributed by atoms with E-state index in [2.05, 4.69) is 10.3 Å². The molecule has 2 heterocycles. The number of benzene rings is 1. The predicted octanol–water partition coefficient (Wildman–Crippen LogP) is 2.77. The van der Waals surface area contributed by atoms with Crippen LogP contribution in [0.4, 0.5) is 5.69 Å². The first-order valence-corrected chi connectivity index (χ1v) is 7.72. The minimum absolute atomic E-state index is 0.0342. The predicted molar refractivity (Wildman–Crippen MR) is 88.5 cm³/mol. The van der Waals surface area contributed by atoms with Crippen molar-refractivity contribution >= 4 is 33.1 Å². The van der Waals surface area contributed by atoms with Crippen LogP contribution in [0, 0.1) is 6.92 Å². The topological polar surface area (TPSA) is 64.0 Å². The maximum Gasteiger partial charge on any atom is 0.271 e. The van der Waals surface area contributed by atoms with Crippen LogP contribution in [-0.4, -0.2) is 15.5 Å². The van der Waals surface area contributed by atoms with Crippen LogP contribution in [0.1, 0.15) is 18.1 Å². The fraction of sp³-hybridized carbons (Fsp3) is 0.188. The van der Waals surface area contributed by atoms with E-state index in [4.69, 9.17) is 0 Å². The molecule has 0 aliphatic heterocycles. The number of rotatable bonds is 3. The summed E-state index contributed by atoms with van der Waals surface area (Å²) in [4.78, 5) is 28.0. The molecule has 0 atom stereocenters. The van der Waals surface area contributed by atoms with Crippen molar-refractivity contribution in [2.24, 2.45) is 0 Å². The molecule has 0 aliphatic rings. The second-order valence-electron chi connectivity index (χ2n) is 5.16. The third-order valence-electron chi connectivity index (χ3n) is 3.32. The molecule has 0 aliphatic carbocycles. The van der Waals surface area contributed by atoms with Crippen molar-refractivity contribution in [2.75, 3.05) is 5.32 Å². The van der Waals surface area contributed by atoms with Gasteiger partial charge in [0.05, 0.1) is 18.4 Å². The van der Waals surface area contributed by atoms with Gasteiger partial charge in [-0.25, -0.2) is 4.98 Å². The lowest BCUT2D eigenvalue weighted by molar-refractivity contribution is -0.114. The van der Waals surface area contributed by atoms with Crippen LogP contribution in [0.5, 0.6) is 0 Å². The number of fused-ring (bicyclic) bond motifs is 1. The molecule has 1 aromatic carbocycles. The average Bonchev–Trinajstić information content (AvgIpc) is 2.84. The highest BCUT2D eigenvalue weighted by Crippen LogP contribution is 2.19. The standard InChI is InChI=1S/C16H15N3O2S/c1-10-8-22-15-14(10)17-9-19(16(15)21)7-12-4-3-5-13(6-12)18-11(2)20/h3-6,8-9H,7H2,1-2H3,(H,18,20). The highest BCUT2D eigenvalue weighted by molar-refractivity contribution is 7.17. The van der Waals surface area contributed by atoms with Crippen LogP contribution in [0.2, 0.25) is 0 Å². The maximum absolute atomic E-state index is 12.5. The van der Waals surface area contributed by atoms with E-state index in [-0.39, 0.29) is 11.5 Å². The third kappa shape index (κ3) is 2.78. The molecule has 0 bridgehead atoms. The van der Waals surface area contributed by atoms with E-state index in [0.717, 1.165) is 22.3 Å². The van der Waals surface area contributed by atoms with Crippen molar-refractivity contribution in [1.29, 1.82) is 0 Å². The van der Waals surface area contributed by atoms with E-state index >= 15 is 0 Å². The molecule has 112 valence electrons. The van der Waals surface area contributed by atoms with Gasteiger partial charge in [0.1, 0.15) is 4.70 Å². The fourth-order valence-corrected chi connectivity index (χ4v) is 3.27. The highest BCUT2D eigenvalue weighted by atomic mass is 32.1. The number of carbonyl (C=O) groups is 1. The lowest BCUT2D eigenvalue weighted by atomic mass is 10.2. The number of amides is 1. The number of hydrogen-bond acceptors (Lipinski definition) is 4. The van der Waals surface area contributed by atoms with Crippen molar-refractivity contribution in [3.05, 3.63) is 57.5 Å². The van der Waals surface area contributed by atoms with Crippen LogP contribution < -0.4 is 10.9 Å². The summed E-state index contributed by atoms with van der Waals surface area (Å²) in [6.45, 7) is 3.84. The van der Waals surface area contributed by atoms with Gasteiger partial charge in [-0.2, -0.15) is 0 Å². The molecular formula is C16H15N3O2S. The smallest absolute Gasteiger partial charge is 0.271 e. The Morgan fingerprint density at radius 1 is 1.41 bits per heavy atom. The number of aryl methyl sites for hydroxylation is 1. The summed E-state index contributed by atoms with van der Waals surface area (Å²) in [6.07, 6.45) is 1.58. The van der Waals surface area contributed by atoms with Gasteiger partial charge in [-0.15, -0.1) is 11.3 Å². The van der Waals surface area contributed by atoms with Gasteiger partial charge in [0, 0.05) is 12.6 Å². The summed E-state index contributed by atoms with van der Waals surface area (Å²) in [5.41, 5.74) is 3.42. The Hall–Kier alpha value is -2.47. The summed E-state index contributed by atoms with van der Waals surface area (Å²) in [5, 5.41) is 4.68. The molecule has 1 amide bonds. The number of hydrogen-bond donors (Lipinski definition) is 1. The number of thiophene rings is 1. The van der Waals surface area contributed by atoms with Gasteiger partial charge in [0.15, 0.2) is 0 Å². The minimum atomic E-state index is -0.119. The molecule has 6 heteroatoms. The van der Waals surface area contributed by atoms with Crippen LogP contribution in [0.25, 0.3) is 10.2 Å². The maximum atomic E-state index is 12.5. The Morgan fingerprint density at radius 2 is 2.23 bits per heavy atom. The number of nitrogens with one attached hydrogen (secondary N) is 1. The first-order valence-electron chi connectivity index (χ1n) is 6.84. The molecule has 22 heavy (non-hydrogen) atoms. The SMILES string of the molecule is CC(=O)Nc1cccc(Cn2cnc3c(C)csc3c2=O)c1. The van der Waals surface area contributed by atoms with E-state index < -0.39 is 0 Å². The lowest BCUT2D eigenvalue weighted by Gasteiger charge is -2.08. The van der Waals surface area contributed by atoms with Crippen molar-refractivity contribution in [1.82, 2.24) is 9.55 Å². The molecule has 0 spiro atoms. The van der Waals surface area contributed by atoms with Crippen molar-refractivity contribution in [3.8, 4) is 0 Å². The summed E-state index contributed by atoms with van der Waals surface area (Å²) in [6, 6.07) is 7.45. The Balaban J connectivity index is 1.95. The molecule has 5 nitrogen and oxygen atoms in total. The monoisotopic (exact) mass is 313 g/mol. The fourth-order valence-electron chi connectivity index (χ4n) is 2.32. The normalized spacial score (nSPS) is 10.8. The van der Waals surface area contributed by atoms with E-state index in [1.54, 1.807) is 10.9 Å². The molecule has 3 aromatic rings. The van der Waals surface area contributed by atoms with Gasteiger partial charge < -0.3 is 5.32 Å². The first-order chi connectivity index (χ1) is 10.5. The van der Waals surface area contributed by atoms with Crippen molar-refractivity contribution in [3.63, 3.8) is 0 Å². The highest BCUT2D eigenvalue weighted by Gasteiger charge is 2.09. The zero-order chi connectivity index (χ0) is 15.7. The van der Waals surface area contributed by atoms with Crippen molar-refractivity contribution < 1.29 is 4.79 Å². The largest absolute Gasteiger partial charge is 0.326 e. The number of anilines is 1. The Bertz CT molecular complexity index is 911. The second kappa shape index (κ2) is 5.73. The third-order valence-corrected chi connectivity index (χ3v) is 4.40. The molecule has 3 rings (SSSR count). The minimum Gasteiger partial charge on any atom is -0.326 e. The number of carbonyl (C=O) groups excluding carboxylic acids is 1. The molecule has 0 saturated heterocycles. The van der Waals surface area contributed by atoms with Gasteiger partial charge in [0.25, 0.3) is 5.56 Å². The quantitative estimate of drug-likeness (QED) is 0.808. The Morgan fingerprint density at radius 3 is 3.00 bits per heavy atom. The van der Waals surface area contributed by atoms with Gasteiger partial charge >= 0.3 is 0 Å². The van der Waals surface area contributed by atoms with Crippen LogP contribution >= 0.6 is 11.3 Å². The average molecular weight is 313 g/mol. The molecule has 0 saturated carbocycles. The van der Waals surface area contributed by atoms with E-state index in [1.165, 1.54) is 18.3 Å². The first kappa shape index (κ1) is 14.5. The summed E-state index contributed by atoms with van der Waals surface area (Å²) in [5.74, 6) is -0.119. The Kier molecular flexibility index (Phi) is 3.77. The van der Waals surface area contributed by atoms with E-state index in [1.807, 2.05) is 36.6 Å². The van der Waals surface area contributed by atoms with Crippen LogP contribution in [-0.2, 0) is 11.3 Å².